The fourth-order valence-electron chi connectivity index (χ4n) is 3.55. The molecule has 9 heteroatoms. The third kappa shape index (κ3) is 5.94. The van der Waals surface area contributed by atoms with Crippen LogP contribution >= 0.6 is 36.3 Å². The maximum absolute atomic E-state index is 12.6. The molecule has 2 fully saturated rings. The predicted molar refractivity (Wildman–Crippen MR) is 107 cm³/mol. The van der Waals surface area contributed by atoms with Gasteiger partial charge in [-0.1, -0.05) is 6.92 Å². The smallest absolute Gasteiger partial charge is 0.222 e. The van der Waals surface area contributed by atoms with E-state index in [0.29, 0.717) is 24.2 Å². The van der Waals surface area contributed by atoms with Gasteiger partial charge < -0.3 is 15.1 Å². The summed E-state index contributed by atoms with van der Waals surface area (Å²) in [5.74, 6) is 2.35. The molecule has 0 aromatic carbocycles. The third-order valence-electron chi connectivity index (χ3n) is 5.10. The van der Waals surface area contributed by atoms with Crippen molar-refractivity contribution in [3.05, 3.63) is 5.82 Å². The lowest BCUT2D eigenvalue weighted by molar-refractivity contribution is -0.132. The number of aryl methyl sites for hydroxylation is 1. The number of nitrogens with zero attached hydrogens (tertiary/aromatic N) is 4. The fourth-order valence-corrected chi connectivity index (χ4v) is 4.27. The highest BCUT2D eigenvalue weighted by Gasteiger charge is 2.27. The molecule has 1 atom stereocenters. The van der Waals surface area contributed by atoms with E-state index in [1.54, 1.807) is 0 Å². The Morgan fingerprint density at radius 3 is 2.44 bits per heavy atom. The number of anilines is 1. The zero-order valence-corrected chi connectivity index (χ0v) is 17.4. The van der Waals surface area contributed by atoms with E-state index < -0.39 is 0 Å². The first-order chi connectivity index (χ1) is 11.1. The first-order valence-electron chi connectivity index (χ1n) is 8.67. The maximum atomic E-state index is 12.6. The van der Waals surface area contributed by atoms with Crippen molar-refractivity contribution in [2.45, 2.75) is 33.1 Å². The fraction of sp³-hybridized carbons (Fsp3) is 0.812. The van der Waals surface area contributed by atoms with Gasteiger partial charge in [0.25, 0.3) is 0 Å². The topological polar surface area (TPSA) is 61.4 Å². The average Bonchev–Trinajstić information content (AvgIpc) is 3.02. The Morgan fingerprint density at radius 1 is 1.24 bits per heavy atom. The second kappa shape index (κ2) is 10.5. The molecule has 2 aliphatic rings. The lowest BCUT2D eigenvalue weighted by atomic mass is 9.84. The number of aromatic nitrogens is 2. The lowest BCUT2D eigenvalue weighted by Gasteiger charge is -2.36. The van der Waals surface area contributed by atoms with Gasteiger partial charge in [0.05, 0.1) is 0 Å². The second-order valence-electron chi connectivity index (χ2n) is 6.76. The van der Waals surface area contributed by atoms with Crippen LogP contribution in [0.3, 0.4) is 0 Å². The summed E-state index contributed by atoms with van der Waals surface area (Å²) < 4.78 is 4.24. The molecule has 0 aliphatic carbocycles. The zero-order chi connectivity index (χ0) is 16.2. The molecule has 1 aromatic heterocycles. The van der Waals surface area contributed by atoms with Crippen molar-refractivity contribution in [1.82, 2.24) is 19.6 Å². The van der Waals surface area contributed by atoms with Gasteiger partial charge in [0.2, 0.25) is 11.0 Å². The number of rotatable bonds is 4. The molecule has 0 bridgehead atoms. The zero-order valence-electron chi connectivity index (χ0n) is 14.9. The lowest BCUT2D eigenvalue weighted by Crippen LogP contribution is -2.49. The van der Waals surface area contributed by atoms with Crippen LogP contribution in [-0.4, -0.2) is 59.4 Å². The van der Waals surface area contributed by atoms with Crippen LogP contribution < -0.4 is 10.2 Å². The van der Waals surface area contributed by atoms with Gasteiger partial charge in [-0.15, -0.1) is 24.8 Å². The van der Waals surface area contributed by atoms with E-state index in [9.17, 15) is 4.79 Å². The Hall–Kier alpha value is -0.630. The van der Waals surface area contributed by atoms with Gasteiger partial charge in [0.1, 0.15) is 5.82 Å². The molecule has 144 valence electrons. The summed E-state index contributed by atoms with van der Waals surface area (Å²) in [7, 11) is 0. The van der Waals surface area contributed by atoms with Crippen LogP contribution in [0.5, 0.6) is 0 Å². The molecule has 1 N–H and O–H groups in total. The Balaban J connectivity index is 0.00000156. The number of carbonyl (C=O) groups excluding carboxylic acids is 1. The SMILES string of the molecule is Cc1nsc(N2CCN(C(=O)CC(C)C3CCNCC3)CC2)n1.Cl.Cl. The molecular formula is C16H29Cl2N5OS. The van der Waals surface area contributed by atoms with Gasteiger partial charge in [-0.2, -0.15) is 4.37 Å². The summed E-state index contributed by atoms with van der Waals surface area (Å²) in [5.41, 5.74) is 0. The van der Waals surface area contributed by atoms with Gasteiger partial charge in [-0.3, -0.25) is 4.79 Å². The molecular weight excluding hydrogens is 381 g/mol. The number of hydrogen-bond acceptors (Lipinski definition) is 6. The first-order valence-corrected chi connectivity index (χ1v) is 9.44. The quantitative estimate of drug-likeness (QED) is 0.826. The van der Waals surface area contributed by atoms with Crippen LogP contribution in [0, 0.1) is 18.8 Å². The molecule has 1 unspecified atom stereocenters. The summed E-state index contributed by atoms with van der Waals surface area (Å²) in [6, 6.07) is 0. The molecule has 0 saturated carbocycles. The summed E-state index contributed by atoms with van der Waals surface area (Å²) in [5, 5.41) is 4.38. The minimum atomic E-state index is 0. The average molecular weight is 410 g/mol. The van der Waals surface area contributed by atoms with Gasteiger partial charge >= 0.3 is 0 Å². The number of piperazine rings is 1. The molecule has 3 rings (SSSR count). The summed E-state index contributed by atoms with van der Waals surface area (Å²) in [6.07, 6.45) is 3.11. The Morgan fingerprint density at radius 2 is 1.88 bits per heavy atom. The van der Waals surface area contributed by atoms with Crippen LogP contribution in [-0.2, 0) is 4.79 Å². The van der Waals surface area contributed by atoms with Crippen molar-refractivity contribution in [3.8, 4) is 0 Å². The Bertz CT molecular complexity index is 530. The standard InChI is InChI=1S/C16H27N5OS.2ClH/c1-12(14-3-5-17-6-4-14)11-15(22)20-7-9-21(10-8-20)16-18-13(2)19-23-16;;/h12,14,17H,3-11H2,1-2H3;2*1H. The Kier molecular flexibility index (Phi) is 9.41. The minimum absolute atomic E-state index is 0. The molecule has 0 radical (unpaired) electrons. The van der Waals surface area contributed by atoms with Crippen molar-refractivity contribution >= 4 is 47.4 Å². The van der Waals surface area contributed by atoms with E-state index >= 15 is 0 Å². The van der Waals surface area contributed by atoms with Crippen LogP contribution in [0.25, 0.3) is 0 Å². The van der Waals surface area contributed by atoms with E-state index in [-0.39, 0.29) is 24.8 Å². The predicted octanol–water partition coefficient (Wildman–Crippen LogP) is 2.36. The monoisotopic (exact) mass is 409 g/mol. The third-order valence-corrected chi connectivity index (χ3v) is 5.97. The molecule has 3 heterocycles. The molecule has 1 amide bonds. The van der Waals surface area contributed by atoms with Gasteiger partial charge in [0.15, 0.2) is 0 Å². The minimum Gasteiger partial charge on any atom is -0.343 e. The van der Waals surface area contributed by atoms with Crippen LogP contribution in [0.2, 0.25) is 0 Å². The number of piperidine rings is 1. The van der Waals surface area contributed by atoms with Gasteiger partial charge in [-0.25, -0.2) is 4.98 Å². The number of halogens is 2. The van der Waals surface area contributed by atoms with Crippen molar-refractivity contribution in [2.24, 2.45) is 11.8 Å². The first kappa shape index (κ1) is 22.4. The van der Waals surface area contributed by atoms with Crippen LogP contribution in [0.15, 0.2) is 0 Å². The number of amides is 1. The van der Waals surface area contributed by atoms with Gasteiger partial charge in [-0.05, 0) is 44.7 Å². The van der Waals surface area contributed by atoms with E-state index in [1.807, 2.05) is 11.8 Å². The van der Waals surface area contributed by atoms with Crippen molar-refractivity contribution < 1.29 is 4.79 Å². The van der Waals surface area contributed by atoms with Crippen LogP contribution in [0.1, 0.15) is 32.0 Å². The normalized spacial score (nSPS) is 19.8. The van der Waals surface area contributed by atoms with E-state index in [0.717, 1.165) is 50.2 Å². The molecule has 6 nitrogen and oxygen atoms in total. The molecule has 2 aliphatic heterocycles. The highest BCUT2D eigenvalue weighted by atomic mass is 35.5. The molecule has 0 spiro atoms. The van der Waals surface area contributed by atoms with Crippen molar-refractivity contribution in [2.75, 3.05) is 44.2 Å². The second-order valence-corrected chi connectivity index (χ2v) is 7.49. The summed E-state index contributed by atoms with van der Waals surface area (Å²) >= 11 is 1.45. The molecule has 25 heavy (non-hydrogen) atoms. The number of carbonyl (C=O) groups is 1. The summed E-state index contributed by atoms with van der Waals surface area (Å²) in [6.45, 7) is 9.69. The van der Waals surface area contributed by atoms with Gasteiger partial charge in [0, 0.05) is 44.1 Å². The molecule has 1 aromatic rings. The van der Waals surface area contributed by atoms with Crippen LogP contribution in [0.4, 0.5) is 5.13 Å². The number of hydrogen-bond donors (Lipinski definition) is 1. The van der Waals surface area contributed by atoms with Crippen molar-refractivity contribution in [1.29, 1.82) is 0 Å². The maximum Gasteiger partial charge on any atom is 0.222 e. The Labute approximate surface area is 166 Å². The van der Waals surface area contributed by atoms with E-state index in [2.05, 4.69) is 26.5 Å². The highest BCUT2D eigenvalue weighted by molar-refractivity contribution is 7.09. The van der Waals surface area contributed by atoms with E-state index in [4.69, 9.17) is 0 Å². The largest absolute Gasteiger partial charge is 0.343 e. The summed E-state index contributed by atoms with van der Waals surface area (Å²) in [4.78, 5) is 21.3. The van der Waals surface area contributed by atoms with Crippen molar-refractivity contribution in [3.63, 3.8) is 0 Å². The number of nitrogens with one attached hydrogen (secondary N) is 1. The molecule has 2 saturated heterocycles. The van der Waals surface area contributed by atoms with E-state index in [1.165, 1.54) is 24.4 Å². The highest BCUT2D eigenvalue weighted by Crippen LogP contribution is 2.25.